The van der Waals surface area contributed by atoms with Crippen molar-refractivity contribution in [2.45, 2.75) is 27.2 Å². The maximum absolute atomic E-state index is 12.0. The second kappa shape index (κ2) is 6.09. The molecule has 0 aliphatic carbocycles. The van der Waals surface area contributed by atoms with Crippen LogP contribution >= 0.6 is 0 Å². The number of amides is 1. The molecule has 1 aliphatic heterocycles. The summed E-state index contributed by atoms with van der Waals surface area (Å²) in [6.45, 7) is 5.98. The Balaban J connectivity index is 2.72. The van der Waals surface area contributed by atoms with E-state index in [-0.39, 0.29) is 13.1 Å². The van der Waals surface area contributed by atoms with E-state index in [4.69, 9.17) is 5.11 Å². The summed E-state index contributed by atoms with van der Waals surface area (Å²) in [5.41, 5.74) is -0.978. The molecule has 0 aromatic heterocycles. The monoisotopic (exact) mass is 306 g/mol. The number of likely N-dealkylation sites (tertiary alicyclic amines) is 1. The van der Waals surface area contributed by atoms with E-state index in [1.165, 1.54) is 9.21 Å². The van der Waals surface area contributed by atoms with Gasteiger partial charge in [0, 0.05) is 26.2 Å². The molecule has 0 bridgehead atoms. The maximum atomic E-state index is 12.0. The molecule has 20 heavy (non-hydrogen) atoms. The fraction of sp³-hybridized carbons (Fsp3) is 0.833. The molecule has 0 spiro atoms. The Morgan fingerprint density at radius 1 is 1.30 bits per heavy atom. The highest BCUT2D eigenvalue weighted by atomic mass is 32.2. The second-order valence-electron chi connectivity index (χ2n) is 5.27. The molecule has 1 unspecified atom stereocenters. The minimum absolute atomic E-state index is 0.0644. The number of nitrogens with zero attached hydrogens (tertiary/aromatic N) is 2. The van der Waals surface area contributed by atoms with Crippen LogP contribution in [0.25, 0.3) is 0 Å². The lowest BCUT2D eigenvalue weighted by atomic mass is 9.90. The van der Waals surface area contributed by atoms with Gasteiger partial charge in [-0.15, -0.1) is 0 Å². The van der Waals surface area contributed by atoms with Crippen LogP contribution in [-0.2, 0) is 19.6 Å². The molecule has 1 N–H and O–H groups in total. The van der Waals surface area contributed by atoms with Crippen molar-refractivity contribution in [1.29, 1.82) is 0 Å². The van der Waals surface area contributed by atoms with E-state index >= 15 is 0 Å². The SMILES string of the molecule is CCN(CC)S(=O)(=O)CC(=O)N1CCC(C)(C(=O)O)C1. The van der Waals surface area contributed by atoms with Crippen LogP contribution in [0.5, 0.6) is 0 Å². The molecule has 0 aromatic carbocycles. The highest BCUT2D eigenvalue weighted by Crippen LogP contribution is 2.30. The van der Waals surface area contributed by atoms with Gasteiger partial charge in [-0.2, -0.15) is 0 Å². The Kier molecular flexibility index (Phi) is 5.15. The third-order valence-corrected chi connectivity index (χ3v) is 5.66. The van der Waals surface area contributed by atoms with Gasteiger partial charge in [-0.25, -0.2) is 12.7 Å². The fourth-order valence-electron chi connectivity index (χ4n) is 2.30. The van der Waals surface area contributed by atoms with E-state index in [2.05, 4.69) is 0 Å². The summed E-state index contributed by atoms with van der Waals surface area (Å²) < 4.78 is 25.3. The Morgan fingerprint density at radius 3 is 2.25 bits per heavy atom. The predicted molar refractivity (Wildman–Crippen MR) is 73.6 cm³/mol. The van der Waals surface area contributed by atoms with Crippen molar-refractivity contribution in [3.8, 4) is 0 Å². The van der Waals surface area contributed by atoms with Crippen molar-refractivity contribution in [3.63, 3.8) is 0 Å². The van der Waals surface area contributed by atoms with E-state index in [1.807, 2.05) is 0 Å². The Labute approximate surface area is 119 Å². The van der Waals surface area contributed by atoms with E-state index in [0.717, 1.165) is 0 Å². The zero-order chi connectivity index (χ0) is 15.6. The van der Waals surface area contributed by atoms with Crippen LogP contribution in [0.2, 0.25) is 0 Å². The third-order valence-electron chi connectivity index (χ3n) is 3.75. The Morgan fingerprint density at radius 2 is 1.85 bits per heavy atom. The number of carbonyl (C=O) groups is 2. The van der Waals surface area contributed by atoms with E-state index in [1.54, 1.807) is 20.8 Å². The number of carbonyl (C=O) groups excluding carboxylic acids is 1. The minimum atomic E-state index is -3.62. The van der Waals surface area contributed by atoms with Crippen molar-refractivity contribution in [2.75, 3.05) is 31.9 Å². The van der Waals surface area contributed by atoms with Gasteiger partial charge in [0.1, 0.15) is 5.75 Å². The van der Waals surface area contributed by atoms with Crippen LogP contribution in [0.4, 0.5) is 0 Å². The average Bonchev–Trinajstić information content (AvgIpc) is 2.74. The van der Waals surface area contributed by atoms with Crippen molar-refractivity contribution in [1.82, 2.24) is 9.21 Å². The Bertz CT molecular complexity index is 486. The van der Waals surface area contributed by atoms with E-state index < -0.39 is 33.1 Å². The zero-order valence-electron chi connectivity index (χ0n) is 12.1. The van der Waals surface area contributed by atoms with Gasteiger partial charge in [-0.3, -0.25) is 9.59 Å². The summed E-state index contributed by atoms with van der Waals surface area (Å²) >= 11 is 0. The topological polar surface area (TPSA) is 95.0 Å². The van der Waals surface area contributed by atoms with Gasteiger partial charge < -0.3 is 10.0 Å². The zero-order valence-corrected chi connectivity index (χ0v) is 12.9. The van der Waals surface area contributed by atoms with Crippen LogP contribution in [0.15, 0.2) is 0 Å². The number of sulfonamides is 1. The lowest BCUT2D eigenvalue weighted by Gasteiger charge is -2.22. The summed E-state index contributed by atoms with van der Waals surface area (Å²) in [4.78, 5) is 24.5. The van der Waals surface area contributed by atoms with Gasteiger partial charge in [-0.05, 0) is 13.3 Å². The number of carboxylic acid groups (broad SMARTS) is 1. The molecule has 1 amide bonds. The molecule has 1 fully saturated rings. The fourth-order valence-corrected chi connectivity index (χ4v) is 3.77. The standard InChI is InChI=1S/C12H22N2O5S/c1-4-14(5-2)20(18,19)8-10(15)13-7-6-12(3,9-13)11(16)17/h4-9H2,1-3H3,(H,16,17). The maximum Gasteiger partial charge on any atom is 0.311 e. The summed E-state index contributed by atoms with van der Waals surface area (Å²) in [6.07, 6.45) is 0.347. The molecule has 7 nitrogen and oxygen atoms in total. The Hall–Kier alpha value is -1.15. The summed E-state index contributed by atoms with van der Waals surface area (Å²) in [5.74, 6) is -2.08. The molecule has 0 saturated carbocycles. The molecule has 1 rings (SSSR count). The van der Waals surface area contributed by atoms with Crippen LogP contribution in [-0.4, -0.2) is 66.5 Å². The smallest absolute Gasteiger partial charge is 0.311 e. The normalized spacial score (nSPS) is 23.3. The number of aliphatic carboxylic acids is 1. The molecule has 0 aromatic rings. The second-order valence-corrected chi connectivity index (χ2v) is 7.24. The molecule has 1 aliphatic rings. The molecule has 8 heteroatoms. The predicted octanol–water partition coefficient (Wildman–Crippen LogP) is -0.0188. The lowest BCUT2D eigenvalue weighted by Crippen LogP contribution is -2.42. The molecule has 116 valence electrons. The average molecular weight is 306 g/mol. The molecule has 1 saturated heterocycles. The molecule has 0 radical (unpaired) electrons. The highest BCUT2D eigenvalue weighted by Gasteiger charge is 2.42. The summed E-state index contributed by atoms with van der Waals surface area (Å²) in [7, 11) is -3.62. The number of hydrogen-bond donors (Lipinski definition) is 1. The summed E-state index contributed by atoms with van der Waals surface area (Å²) in [5, 5.41) is 9.10. The molecule has 1 atom stereocenters. The molecular weight excluding hydrogens is 284 g/mol. The number of hydrogen-bond acceptors (Lipinski definition) is 4. The number of carboxylic acids is 1. The van der Waals surface area contributed by atoms with Crippen molar-refractivity contribution >= 4 is 21.9 Å². The quantitative estimate of drug-likeness (QED) is 0.744. The number of rotatable bonds is 6. The van der Waals surface area contributed by atoms with Crippen LogP contribution < -0.4 is 0 Å². The van der Waals surface area contributed by atoms with Gasteiger partial charge >= 0.3 is 5.97 Å². The first-order valence-electron chi connectivity index (χ1n) is 6.65. The van der Waals surface area contributed by atoms with Gasteiger partial charge in [0.15, 0.2) is 0 Å². The van der Waals surface area contributed by atoms with E-state index in [9.17, 15) is 18.0 Å². The van der Waals surface area contributed by atoms with Gasteiger partial charge in [0.2, 0.25) is 15.9 Å². The first-order chi connectivity index (χ1) is 9.16. The minimum Gasteiger partial charge on any atom is -0.481 e. The summed E-state index contributed by atoms with van der Waals surface area (Å²) in [6, 6.07) is 0. The highest BCUT2D eigenvalue weighted by molar-refractivity contribution is 7.89. The van der Waals surface area contributed by atoms with Gasteiger partial charge in [0.25, 0.3) is 0 Å². The van der Waals surface area contributed by atoms with Crippen molar-refractivity contribution in [2.24, 2.45) is 5.41 Å². The largest absolute Gasteiger partial charge is 0.481 e. The van der Waals surface area contributed by atoms with Crippen molar-refractivity contribution in [3.05, 3.63) is 0 Å². The molecular formula is C12H22N2O5S. The van der Waals surface area contributed by atoms with Crippen LogP contribution in [0, 0.1) is 5.41 Å². The first kappa shape index (κ1) is 16.9. The van der Waals surface area contributed by atoms with Gasteiger partial charge in [-0.1, -0.05) is 13.8 Å². The lowest BCUT2D eigenvalue weighted by molar-refractivity contribution is -0.147. The molecule has 1 heterocycles. The van der Waals surface area contributed by atoms with Crippen LogP contribution in [0.3, 0.4) is 0 Å². The van der Waals surface area contributed by atoms with Gasteiger partial charge in [0.05, 0.1) is 5.41 Å². The van der Waals surface area contributed by atoms with Crippen molar-refractivity contribution < 1.29 is 23.1 Å². The van der Waals surface area contributed by atoms with E-state index in [0.29, 0.717) is 19.5 Å². The van der Waals surface area contributed by atoms with Crippen LogP contribution in [0.1, 0.15) is 27.2 Å². The third kappa shape index (κ3) is 3.49. The first-order valence-corrected chi connectivity index (χ1v) is 8.26.